The SMILES string of the molecule is Cc1nc(C2CCCC2)sc1C(=O)N1CCC(C)C(O)C1. The summed E-state index contributed by atoms with van der Waals surface area (Å²) in [4.78, 5) is 19.9. The molecule has 5 heteroatoms. The van der Waals surface area contributed by atoms with Crippen molar-refractivity contribution in [3.63, 3.8) is 0 Å². The van der Waals surface area contributed by atoms with Gasteiger partial charge in [0, 0.05) is 19.0 Å². The number of amides is 1. The maximum absolute atomic E-state index is 12.7. The lowest BCUT2D eigenvalue weighted by molar-refractivity contribution is 0.0251. The largest absolute Gasteiger partial charge is 0.391 e. The highest BCUT2D eigenvalue weighted by Crippen LogP contribution is 2.37. The van der Waals surface area contributed by atoms with Gasteiger partial charge in [0.25, 0.3) is 5.91 Å². The first-order valence-corrected chi connectivity index (χ1v) is 8.82. The fourth-order valence-corrected chi connectivity index (χ4v) is 4.54. The summed E-state index contributed by atoms with van der Waals surface area (Å²) in [7, 11) is 0. The van der Waals surface area contributed by atoms with Crippen LogP contribution in [0.15, 0.2) is 0 Å². The minimum Gasteiger partial charge on any atom is -0.391 e. The molecule has 1 N–H and O–H groups in total. The predicted molar refractivity (Wildman–Crippen MR) is 83.8 cm³/mol. The molecule has 1 aromatic rings. The number of aromatic nitrogens is 1. The molecule has 1 aliphatic carbocycles. The molecule has 21 heavy (non-hydrogen) atoms. The predicted octanol–water partition coefficient (Wildman–Crippen LogP) is 2.95. The van der Waals surface area contributed by atoms with Crippen molar-refractivity contribution in [1.82, 2.24) is 9.88 Å². The van der Waals surface area contributed by atoms with E-state index in [-0.39, 0.29) is 11.8 Å². The van der Waals surface area contributed by atoms with E-state index in [0.29, 0.717) is 12.5 Å². The van der Waals surface area contributed by atoms with Crippen LogP contribution in [0.4, 0.5) is 0 Å². The van der Waals surface area contributed by atoms with Gasteiger partial charge in [0.2, 0.25) is 0 Å². The average molecular weight is 308 g/mol. The Hall–Kier alpha value is -0.940. The van der Waals surface area contributed by atoms with E-state index in [4.69, 9.17) is 0 Å². The lowest BCUT2D eigenvalue weighted by atomic mass is 9.96. The van der Waals surface area contributed by atoms with E-state index < -0.39 is 6.10 Å². The van der Waals surface area contributed by atoms with Gasteiger partial charge in [0.1, 0.15) is 4.88 Å². The van der Waals surface area contributed by atoms with E-state index in [2.05, 4.69) is 4.98 Å². The molecule has 2 atom stereocenters. The highest BCUT2D eigenvalue weighted by Gasteiger charge is 2.31. The fourth-order valence-electron chi connectivity index (χ4n) is 3.34. The Kier molecular flexibility index (Phi) is 4.31. The number of carbonyl (C=O) groups excluding carboxylic acids is 1. The van der Waals surface area contributed by atoms with Gasteiger partial charge in [-0.3, -0.25) is 4.79 Å². The van der Waals surface area contributed by atoms with Crippen LogP contribution in [-0.4, -0.2) is 40.1 Å². The van der Waals surface area contributed by atoms with Crippen molar-refractivity contribution in [2.45, 2.75) is 58.0 Å². The van der Waals surface area contributed by atoms with Crippen LogP contribution < -0.4 is 0 Å². The zero-order chi connectivity index (χ0) is 15.0. The number of hydrogen-bond donors (Lipinski definition) is 1. The number of likely N-dealkylation sites (tertiary alicyclic amines) is 1. The minimum absolute atomic E-state index is 0.0557. The monoisotopic (exact) mass is 308 g/mol. The first kappa shape index (κ1) is 15.0. The van der Waals surface area contributed by atoms with Crippen molar-refractivity contribution in [2.75, 3.05) is 13.1 Å². The molecule has 0 radical (unpaired) electrons. The van der Waals surface area contributed by atoms with Gasteiger partial charge >= 0.3 is 0 Å². The van der Waals surface area contributed by atoms with E-state index in [0.717, 1.165) is 28.5 Å². The lowest BCUT2D eigenvalue weighted by Gasteiger charge is -2.34. The summed E-state index contributed by atoms with van der Waals surface area (Å²) in [5.41, 5.74) is 0.861. The van der Waals surface area contributed by atoms with Gasteiger partial charge in [-0.15, -0.1) is 11.3 Å². The molecule has 2 fully saturated rings. The van der Waals surface area contributed by atoms with E-state index >= 15 is 0 Å². The molecule has 1 aliphatic heterocycles. The molecule has 2 heterocycles. The molecule has 116 valence electrons. The summed E-state index contributed by atoms with van der Waals surface area (Å²) in [6, 6.07) is 0. The van der Waals surface area contributed by atoms with Gasteiger partial charge < -0.3 is 10.0 Å². The number of aryl methyl sites for hydroxylation is 1. The Morgan fingerprint density at radius 3 is 2.71 bits per heavy atom. The smallest absolute Gasteiger partial charge is 0.265 e. The molecule has 0 aromatic carbocycles. The van der Waals surface area contributed by atoms with Crippen molar-refractivity contribution in [1.29, 1.82) is 0 Å². The number of aliphatic hydroxyl groups excluding tert-OH is 1. The molecule has 1 aromatic heterocycles. The highest BCUT2D eigenvalue weighted by molar-refractivity contribution is 7.13. The van der Waals surface area contributed by atoms with Gasteiger partial charge in [-0.25, -0.2) is 4.98 Å². The molecule has 3 rings (SSSR count). The minimum atomic E-state index is -0.398. The van der Waals surface area contributed by atoms with Crippen LogP contribution in [0, 0.1) is 12.8 Å². The Labute approximate surface area is 130 Å². The van der Waals surface area contributed by atoms with Crippen LogP contribution in [0.3, 0.4) is 0 Å². The third-order valence-corrected chi connectivity index (χ3v) is 6.23. The number of rotatable bonds is 2. The molecule has 0 bridgehead atoms. The number of β-amino-alcohol motifs (C(OH)–C–C–N with tert-alkyl or cyclic N) is 1. The van der Waals surface area contributed by atoms with Crippen LogP contribution in [0.1, 0.15) is 65.3 Å². The molecule has 0 spiro atoms. The van der Waals surface area contributed by atoms with Crippen molar-refractivity contribution in [2.24, 2.45) is 5.92 Å². The van der Waals surface area contributed by atoms with E-state index in [1.807, 2.05) is 13.8 Å². The Bertz CT molecular complexity index is 522. The van der Waals surface area contributed by atoms with Crippen molar-refractivity contribution in [3.8, 4) is 0 Å². The fraction of sp³-hybridized carbons (Fsp3) is 0.750. The Morgan fingerprint density at radius 1 is 1.33 bits per heavy atom. The maximum atomic E-state index is 12.7. The number of piperidine rings is 1. The second-order valence-corrected chi connectivity index (χ2v) is 7.56. The number of hydrogen-bond acceptors (Lipinski definition) is 4. The number of carbonyl (C=O) groups is 1. The molecule has 1 saturated carbocycles. The summed E-state index contributed by atoms with van der Waals surface area (Å²) in [6.45, 7) is 5.18. The van der Waals surface area contributed by atoms with Gasteiger partial charge in [0.15, 0.2) is 0 Å². The molecule has 4 nitrogen and oxygen atoms in total. The number of nitrogens with zero attached hydrogens (tertiary/aromatic N) is 2. The second-order valence-electron chi connectivity index (χ2n) is 6.53. The summed E-state index contributed by atoms with van der Waals surface area (Å²) in [6.07, 6.45) is 5.46. The molecule has 1 saturated heterocycles. The maximum Gasteiger partial charge on any atom is 0.265 e. The summed E-state index contributed by atoms with van der Waals surface area (Å²) in [5, 5.41) is 11.1. The van der Waals surface area contributed by atoms with Gasteiger partial charge in [-0.2, -0.15) is 0 Å². The van der Waals surface area contributed by atoms with Crippen LogP contribution in [-0.2, 0) is 0 Å². The summed E-state index contributed by atoms with van der Waals surface area (Å²) >= 11 is 1.58. The normalized spacial score (nSPS) is 27.3. The number of aliphatic hydroxyl groups is 1. The van der Waals surface area contributed by atoms with Crippen LogP contribution in [0.2, 0.25) is 0 Å². The average Bonchev–Trinajstić information content (AvgIpc) is 3.10. The van der Waals surface area contributed by atoms with Gasteiger partial charge in [-0.1, -0.05) is 19.8 Å². The molecular weight excluding hydrogens is 284 g/mol. The molecule has 1 amide bonds. The lowest BCUT2D eigenvalue weighted by Crippen LogP contribution is -2.45. The molecule has 2 aliphatic rings. The van der Waals surface area contributed by atoms with Crippen LogP contribution in [0.25, 0.3) is 0 Å². The zero-order valence-corrected chi connectivity index (χ0v) is 13.7. The third-order valence-electron chi connectivity index (χ3n) is 4.92. The quantitative estimate of drug-likeness (QED) is 0.914. The first-order valence-electron chi connectivity index (χ1n) is 8.01. The summed E-state index contributed by atoms with van der Waals surface area (Å²) < 4.78 is 0. The standard InChI is InChI=1S/C16H24N2O2S/c1-10-7-8-18(9-13(10)19)16(20)14-11(2)17-15(21-14)12-5-3-4-6-12/h10,12-13,19H,3-9H2,1-2H3. The molecule has 2 unspecified atom stereocenters. The van der Waals surface area contributed by atoms with Crippen LogP contribution in [0.5, 0.6) is 0 Å². The van der Waals surface area contributed by atoms with E-state index in [9.17, 15) is 9.90 Å². The first-order chi connectivity index (χ1) is 10.1. The topological polar surface area (TPSA) is 53.4 Å². The Balaban J connectivity index is 1.75. The van der Waals surface area contributed by atoms with E-state index in [1.165, 1.54) is 25.7 Å². The van der Waals surface area contributed by atoms with Crippen LogP contribution >= 0.6 is 11.3 Å². The second kappa shape index (κ2) is 6.05. The Morgan fingerprint density at radius 2 is 2.05 bits per heavy atom. The zero-order valence-electron chi connectivity index (χ0n) is 12.8. The van der Waals surface area contributed by atoms with Gasteiger partial charge in [0.05, 0.1) is 16.8 Å². The van der Waals surface area contributed by atoms with Gasteiger partial charge in [-0.05, 0) is 32.1 Å². The van der Waals surface area contributed by atoms with Crippen molar-refractivity contribution in [3.05, 3.63) is 15.6 Å². The summed E-state index contributed by atoms with van der Waals surface area (Å²) in [5.74, 6) is 0.896. The van der Waals surface area contributed by atoms with E-state index in [1.54, 1.807) is 16.2 Å². The van der Waals surface area contributed by atoms with Crippen molar-refractivity contribution < 1.29 is 9.90 Å². The van der Waals surface area contributed by atoms with Crippen molar-refractivity contribution >= 4 is 17.2 Å². The molecular formula is C16H24N2O2S. The number of thiazole rings is 1. The highest BCUT2D eigenvalue weighted by atomic mass is 32.1. The third kappa shape index (κ3) is 2.99.